The molecule has 0 atom stereocenters. The second-order valence-corrected chi connectivity index (χ2v) is 9.48. The summed E-state index contributed by atoms with van der Waals surface area (Å²) in [5, 5.41) is 2.79. The average Bonchev–Trinajstić information content (AvgIpc) is 3.20. The Morgan fingerprint density at radius 1 is 1.06 bits per heavy atom. The second kappa shape index (κ2) is 11.6. The number of benzene rings is 2. The summed E-state index contributed by atoms with van der Waals surface area (Å²) in [4.78, 5) is 18.5. The van der Waals surface area contributed by atoms with Gasteiger partial charge in [-0.15, -0.1) is 0 Å². The zero-order valence-corrected chi connectivity index (χ0v) is 19.8. The van der Waals surface area contributed by atoms with Crippen molar-refractivity contribution in [2.24, 2.45) is 0 Å². The van der Waals surface area contributed by atoms with E-state index < -0.39 is 9.84 Å². The van der Waals surface area contributed by atoms with Crippen molar-refractivity contribution in [2.75, 3.05) is 26.8 Å². The van der Waals surface area contributed by atoms with E-state index in [9.17, 15) is 13.2 Å². The van der Waals surface area contributed by atoms with Gasteiger partial charge in [-0.3, -0.25) is 0 Å². The molecule has 0 saturated heterocycles. The maximum Gasteiger partial charge on any atom is 0.317 e. The number of methoxy groups -OCH3 is 1. The second-order valence-electron chi connectivity index (χ2n) is 7.60. The Hall–Kier alpha value is -3.17. The Morgan fingerprint density at radius 2 is 1.70 bits per heavy atom. The van der Waals surface area contributed by atoms with Gasteiger partial charge in [0.1, 0.15) is 0 Å². The summed E-state index contributed by atoms with van der Waals surface area (Å²) in [6.07, 6.45) is 1.54. The molecule has 33 heavy (non-hydrogen) atoms. The van der Waals surface area contributed by atoms with Crippen LogP contribution in [0.3, 0.4) is 0 Å². The predicted molar refractivity (Wildman–Crippen MR) is 126 cm³/mol. The van der Waals surface area contributed by atoms with E-state index in [0.717, 1.165) is 5.56 Å². The van der Waals surface area contributed by atoms with E-state index in [-0.39, 0.29) is 23.5 Å². The van der Waals surface area contributed by atoms with Crippen LogP contribution in [0.25, 0.3) is 0 Å². The molecule has 9 heteroatoms. The van der Waals surface area contributed by atoms with Crippen molar-refractivity contribution in [3.05, 3.63) is 83.7 Å². The highest BCUT2D eigenvalue weighted by Crippen LogP contribution is 2.20. The number of carbonyl (C=O) groups excluding carboxylic acids is 1. The van der Waals surface area contributed by atoms with Crippen molar-refractivity contribution in [3.63, 3.8) is 0 Å². The first-order chi connectivity index (χ1) is 15.9. The van der Waals surface area contributed by atoms with Gasteiger partial charge < -0.3 is 19.5 Å². The molecule has 0 aliphatic carbocycles. The van der Waals surface area contributed by atoms with E-state index in [1.54, 1.807) is 34.9 Å². The first-order valence-corrected chi connectivity index (χ1v) is 12.5. The van der Waals surface area contributed by atoms with E-state index in [2.05, 4.69) is 10.3 Å². The van der Waals surface area contributed by atoms with Crippen molar-refractivity contribution < 1.29 is 17.9 Å². The lowest BCUT2D eigenvalue weighted by Gasteiger charge is -2.23. The largest absolute Gasteiger partial charge is 0.383 e. The van der Waals surface area contributed by atoms with Gasteiger partial charge in [-0.25, -0.2) is 18.2 Å². The molecule has 0 aliphatic rings. The number of aromatic nitrogens is 2. The molecule has 1 heterocycles. The monoisotopic (exact) mass is 470 g/mol. The zero-order valence-electron chi connectivity index (χ0n) is 19.0. The minimum absolute atomic E-state index is 0.00667. The number of rotatable bonds is 11. The van der Waals surface area contributed by atoms with E-state index in [4.69, 9.17) is 4.74 Å². The fraction of sp³-hybridized carbons (Fsp3) is 0.333. The van der Waals surface area contributed by atoms with Crippen LogP contribution in [-0.2, 0) is 33.4 Å². The molecule has 8 nitrogen and oxygen atoms in total. The lowest BCUT2D eigenvalue weighted by molar-refractivity contribution is 0.145. The normalized spacial score (nSPS) is 11.3. The van der Waals surface area contributed by atoms with E-state index >= 15 is 0 Å². The number of ether oxygens (including phenoxy) is 1. The summed E-state index contributed by atoms with van der Waals surface area (Å²) < 4.78 is 33.5. The summed E-state index contributed by atoms with van der Waals surface area (Å²) in [5.74, 6) is -0.150. The Bertz CT molecular complexity index is 1130. The number of hydrogen-bond acceptors (Lipinski definition) is 5. The molecule has 0 fully saturated rings. The Morgan fingerprint density at radius 3 is 2.30 bits per heavy atom. The maximum absolute atomic E-state index is 13.3. The Labute approximate surface area is 195 Å². The van der Waals surface area contributed by atoms with Gasteiger partial charge in [0.2, 0.25) is 15.0 Å². The topological polar surface area (TPSA) is 93.5 Å². The molecular formula is C24H30N4O4S. The summed E-state index contributed by atoms with van der Waals surface area (Å²) in [6.45, 7) is 3.60. The molecule has 0 bridgehead atoms. The first-order valence-electron chi connectivity index (χ1n) is 10.8. The minimum Gasteiger partial charge on any atom is -0.383 e. The number of nitrogens with zero attached hydrogens (tertiary/aromatic N) is 3. The van der Waals surface area contributed by atoms with E-state index in [1.165, 1.54) is 0 Å². The van der Waals surface area contributed by atoms with Crippen LogP contribution in [0.4, 0.5) is 4.79 Å². The number of amides is 2. The number of hydrogen-bond donors (Lipinski definition) is 1. The molecule has 2 amide bonds. The van der Waals surface area contributed by atoms with Gasteiger partial charge in [0.25, 0.3) is 0 Å². The van der Waals surface area contributed by atoms with Crippen LogP contribution in [-0.4, -0.2) is 55.7 Å². The lowest BCUT2D eigenvalue weighted by atomic mass is 10.2. The molecule has 1 aromatic heterocycles. The van der Waals surface area contributed by atoms with Gasteiger partial charge in [0.15, 0.2) is 0 Å². The van der Waals surface area contributed by atoms with Crippen LogP contribution in [0.5, 0.6) is 0 Å². The van der Waals surface area contributed by atoms with Crippen molar-refractivity contribution >= 4 is 15.9 Å². The molecule has 176 valence electrons. The predicted octanol–water partition coefficient (Wildman–Crippen LogP) is 3.08. The molecule has 3 rings (SSSR count). The molecule has 2 aromatic carbocycles. The van der Waals surface area contributed by atoms with Crippen LogP contribution >= 0.6 is 0 Å². The van der Waals surface area contributed by atoms with Gasteiger partial charge in [-0.2, -0.15) is 0 Å². The molecule has 0 aliphatic heterocycles. The van der Waals surface area contributed by atoms with Gasteiger partial charge in [-0.05, 0) is 18.1 Å². The zero-order chi connectivity index (χ0) is 23.7. The quantitative estimate of drug-likeness (QED) is 0.465. The van der Waals surface area contributed by atoms with Crippen molar-refractivity contribution in [1.82, 2.24) is 19.8 Å². The molecule has 0 unspecified atom stereocenters. The van der Waals surface area contributed by atoms with Gasteiger partial charge >= 0.3 is 6.03 Å². The fourth-order valence-corrected chi connectivity index (χ4v) is 4.96. The number of urea groups is 1. The molecule has 1 N–H and O–H groups in total. The van der Waals surface area contributed by atoms with E-state index in [1.807, 2.05) is 55.5 Å². The number of imidazole rings is 1. The van der Waals surface area contributed by atoms with E-state index in [0.29, 0.717) is 37.5 Å². The third-order valence-electron chi connectivity index (χ3n) is 5.10. The third-order valence-corrected chi connectivity index (χ3v) is 6.69. The number of sulfone groups is 1. The van der Waals surface area contributed by atoms with Crippen molar-refractivity contribution in [2.45, 2.75) is 30.9 Å². The first kappa shape index (κ1) is 24.5. The number of carbonyl (C=O) groups is 1. The SMILES string of the molecule is CCNC(=O)N(CCOC)Cc1cnc(S(=O)(=O)Cc2ccccc2)n1Cc1ccccc1. The number of nitrogens with one attached hydrogen (secondary N) is 1. The molecule has 0 radical (unpaired) electrons. The molecular weight excluding hydrogens is 440 g/mol. The summed E-state index contributed by atoms with van der Waals surface area (Å²) in [5.41, 5.74) is 2.26. The fourth-order valence-electron chi connectivity index (χ4n) is 3.47. The summed E-state index contributed by atoms with van der Waals surface area (Å²) >= 11 is 0. The molecule has 3 aromatic rings. The van der Waals surface area contributed by atoms with Gasteiger partial charge in [-0.1, -0.05) is 60.7 Å². The summed E-state index contributed by atoms with van der Waals surface area (Å²) in [6, 6.07) is 18.4. The third kappa shape index (κ3) is 6.66. The summed E-state index contributed by atoms with van der Waals surface area (Å²) in [7, 11) is -2.15. The lowest BCUT2D eigenvalue weighted by Crippen LogP contribution is -2.41. The van der Waals surface area contributed by atoms with Crippen molar-refractivity contribution in [3.8, 4) is 0 Å². The van der Waals surface area contributed by atoms with Gasteiger partial charge in [0, 0.05) is 20.2 Å². The average molecular weight is 471 g/mol. The van der Waals surface area contributed by atoms with Crippen LogP contribution in [0.1, 0.15) is 23.7 Å². The Balaban J connectivity index is 1.97. The smallest absolute Gasteiger partial charge is 0.317 e. The minimum atomic E-state index is -3.72. The Kier molecular flexibility index (Phi) is 8.62. The van der Waals surface area contributed by atoms with Gasteiger partial charge in [0.05, 0.1) is 37.3 Å². The van der Waals surface area contributed by atoms with Crippen LogP contribution in [0.2, 0.25) is 0 Å². The standard InChI is InChI=1S/C24H30N4O4S/c1-3-25-23(29)27(14-15-32-2)18-22-16-26-24(28(22)17-20-10-6-4-7-11-20)33(30,31)19-21-12-8-5-9-13-21/h4-13,16H,3,14-15,17-19H2,1-2H3,(H,25,29). The molecule has 0 saturated carbocycles. The highest BCUT2D eigenvalue weighted by Gasteiger charge is 2.25. The van der Waals surface area contributed by atoms with Crippen LogP contribution in [0.15, 0.2) is 72.0 Å². The molecule has 0 spiro atoms. The maximum atomic E-state index is 13.3. The van der Waals surface area contributed by atoms with Crippen LogP contribution < -0.4 is 5.32 Å². The highest BCUT2D eigenvalue weighted by molar-refractivity contribution is 7.90. The highest BCUT2D eigenvalue weighted by atomic mass is 32.2. The van der Waals surface area contributed by atoms with Crippen LogP contribution in [0, 0.1) is 0 Å². The van der Waals surface area contributed by atoms with Crippen molar-refractivity contribution in [1.29, 1.82) is 0 Å².